The van der Waals surface area contributed by atoms with E-state index in [1.165, 1.54) is 40.9 Å². The van der Waals surface area contributed by atoms with E-state index in [2.05, 4.69) is 149 Å². The molecule has 0 bridgehead atoms. The van der Waals surface area contributed by atoms with Gasteiger partial charge in [-0.1, -0.05) is 127 Å². The van der Waals surface area contributed by atoms with Crippen LogP contribution in [0.5, 0.6) is 0 Å². The molecule has 0 N–H and O–H groups in total. The number of halogens is 1. The van der Waals surface area contributed by atoms with Crippen molar-refractivity contribution in [2.45, 2.75) is 6.17 Å². The van der Waals surface area contributed by atoms with Crippen LogP contribution in [0.3, 0.4) is 0 Å². The van der Waals surface area contributed by atoms with Crippen LogP contribution in [-0.4, -0.2) is 22.4 Å². The Hall–Kier alpha value is -6.93. The van der Waals surface area contributed by atoms with Crippen molar-refractivity contribution < 1.29 is 4.39 Å². The van der Waals surface area contributed by atoms with Gasteiger partial charge >= 0.3 is 0 Å². The van der Waals surface area contributed by atoms with Crippen LogP contribution in [0.2, 0.25) is 0 Å². The molecule has 5 heterocycles. The molecule has 0 saturated carbocycles. The number of thiophene rings is 1. The lowest BCUT2D eigenvalue weighted by Crippen LogP contribution is -2.77. The Morgan fingerprint density at radius 1 is 0.500 bits per heavy atom. The van der Waals surface area contributed by atoms with Crippen LogP contribution in [0.25, 0.3) is 47.5 Å². The van der Waals surface area contributed by atoms with Gasteiger partial charge in [0.05, 0.1) is 5.52 Å². The van der Waals surface area contributed by atoms with E-state index >= 15 is 4.39 Å². The van der Waals surface area contributed by atoms with Gasteiger partial charge in [-0.2, -0.15) is 0 Å². The van der Waals surface area contributed by atoms with Crippen LogP contribution < -0.4 is 25.6 Å². The second-order valence-corrected chi connectivity index (χ2v) is 19.9. The second-order valence-electron chi connectivity index (χ2n) is 15.1. The Morgan fingerprint density at radius 3 is 1.98 bits per heavy atom. The van der Waals surface area contributed by atoms with Gasteiger partial charge in [-0.05, 0) is 85.8 Å². The Bertz CT molecular complexity index is 3340. The van der Waals surface area contributed by atoms with Crippen molar-refractivity contribution in [3.05, 3.63) is 206 Å². The van der Waals surface area contributed by atoms with Gasteiger partial charge in [-0.3, -0.25) is 9.30 Å². The Labute approximate surface area is 338 Å². The quantitative estimate of drug-likeness (QED) is 0.129. The topological polar surface area (TPSA) is 33.4 Å². The molecule has 1 atom stereocenters. The van der Waals surface area contributed by atoms with Gasteiger partial charge in [0.15, 0.2) is 14.2 Å². The van der Waals surface area contributed by atoms with E-state index in [1.807, 2.05) is 66.3 Å². The minimum atomic E-state index is -3.04. The predicted molar refractivity (Wildman–Crippen MR) is 242 cm³/mol. The van der Waals surface area contributed by atoms with Crippen LogP contribution >= 0.6 is 11.3 Å². The first kappa shape index (κ1) is 33.2. The molecular formula is C51H33FN4SSi. The number of para-hydroxylation sites is 1. The number of benzene rings is 7. The van der Waals surface area contributed by atoms with Gasteiger partial charge in [0.25, 0.3) is 0 Å². The summed E-state index contributed by atoms with van der Waals surface area (Å²) in [5.41, 5.74) is 5.11. The molecule has 0 radical (unpaired) electrons. The fraction of sp³-hybridized carbons (Fsp3) is 0.0196. The third kappa shape index (κ3) is 4.71. The molecule has 0 amide bonds. The average Bonchev–Trinajstić information content (AvgIpc) is 3.94. The van der Waals surface area contributed by atoms with Gasteiger partial charge < -0.3 is 0 Å². The molecule has 1 aliphatic rings. The standard InChI is InChI=1S/C51H33FN4SSi/c52-50(33-22-24-37-38-17-7-9-19-42(38)55-28-27-54-51(55)41(37)29-33)34-23-25-47-43(30-34)56(49-21-11-12-26-53-49)44-31-40-39-18-8-10-20-45(39)57-46(40)32-48(44)58(47,35-13-3-1-4-14-35)36-15-5-2-6-16-36/h1-32,50H. The van der Waals surface area contributed by atoms with Gasteiger partial charge in [-0.15, -0.1) is 11.3 Å². The van der Waals surface area contributed by atoms with Crippen molar-refractivity contribution in [2.75, 3.05) is 4.90 Å². The first-order chi connectivity index (χ1) is 28.7. The lowest BCUT2D eigenvalue weighted by Gasteiger charge is -2.45. The third-order valence-corrected chi connectivity index (χ3v) is 18.0. The molecule has 11 aromatic rings. The number of aromatic nitrogens is 3. The van der Waals surface area contributed by atoms with Gasteiger partial charge in [0, 0.05) is 60.9 Å². The van der Waals surface area contributed by atoms with Crippen molar-refractivity contribution in [3.63, 3.8) is 0 Å². The van der Waals surface area contributed by atoms with Crippen LogP contribution in [0.1, 0.15) is 17.3 Å². The summed E-state index contributed by atoms with van der Waals surface area (Å²) in [5, 5.41) is 10.6. The summed E-state index contributed by atoms with van der Waals surface area (Å²) >= 11 is 1.84. The van der Waals surface area contributed by atoms with E-state index in [0.29, 0.717) is 11.1 Å². The lowest BCUT2D eigenvalue weighted by atomic mass is 9.97. The summed E-state index contributed by atoms with van der Waals surface area (Å²) < 4.78 is 22.2. The molecule has 12 rings (SSSR count). The molecule has 58 heavy (non-hydrogen) atoms. The second kappa shape index (κ2) is 12.8. The summed E-state index contributed by atoms with van der Waals surface area (Å²) in [7, 11) is -3.04. The maximum Gasteiger partial charge on any atom is 0.184 e. The fourth-order valence-electron chi connectivity index (χ4n) is 9.57. The van der Waals surface area contributed by atoms with E-state index in [1.54, 1.807) is 0 Å². The van der Waals surface area contributed by atoms with Crippen LogP contribution in [-0.2, 0) is 0 Å². The number of alkyl halides is 1. The number of pyridine rings is 2. The number of fused-ring (bicyclic) bond motifs is 11. The van der Waals surface area contributed by atoms with Crippen molar-refractivity contribution in [3.8, 4) is 0 Å². The predicted octanol–water partition coefficient (Wildman–Crippen LogP) is 10.6. The maximum absolute atomic E-state index is 17.6. The molecule has 4 aromatic heterocycles. The van der Waals surface area contributed by atoms with E-state index < -0.39 is 14.2 Å². The highest BCUT2D eigenvalue weighted by Gasteiger charge is 2.49. The maximum atomic E-state index is 17.6. The van der Waals surface area contributed by atoms with E-state index in [4.69, 9.17) is 9.97 Å². The van der Waals surface area contributed by atoms with Crippen LogP contribution in [0.15, 0.2) is 195 Å². The molecule has 1 aliphatic heterocycles. The van der Waals surface area contributed by atoms with Crippen LogP contribution in [0, 0.1) is 0 Å². The zero-order valence-electron chi connectivity index (χ0n) is 31.1. The third-order valence-electron chi connectivity index (χ3n) is 12.1. The number of nitrogens with zero attached hydrogens (tertiary/aromatic N) is 4. The molecule has 7 aromatic carbocycles. The monoisotopic (exact) mass is 780 g/mol. The average molecular weight is 781 g/mol. The molecule has 0 spiro atoms. The molecule has 1 unspecified atom stereocenters. The highest BCUT2D eigenvalue weighted by atomic mass is 32.1. The molecular weight excluding hydrogens is 748 g/mol. The number of hydrogen-bond donors (Lipinski definition) is 0. The summed E-state index contributed by atoms with van der Waals surface area (Å²) in [4.78, 5) is 12.0. The zero-order chi connectivity index (χ0) is 38.4. The highest BCUT2D eigenvalue weighted by molar-refractivity contribution is 7.26. The largest absolute Gasteiger partial charge is 0.299 e. The van der Waals surface area contributed by atoms with E-state index in [0.717, 1.165) is 44.5 Å². The van der Waals surface area contributed by atoms with Crippen molar-refractivity contribution in [2.24, 2.45) is 0 Å². The Morgan fingerprint density at radius 2 is 1.19 bits per heavy atom. The van der Waals surface area contributed by atoms with Gasteiger partial charge in [-0.25, -0.2) is 14.4 Å². The molecule has 0 saturated heterocycles. The molecule has 0 fully saturated rings. The molecule has 7 heteroatoms. The number of anilines is 3. The Kier molecular flexibility index (Phi) is 7.33. The smallest absolute Gasteiger partial charge is 0.184 e. The molecule has 4 nitrogen and oxygen atoms in total. The fourth-order valence-corrected chi connectivity index (χ4v) is 15.9. The van der Waals surface area contributed by atoms with E-state index in [9.17, 15) is 0 Å². The molecule has 274 valence electrons. The summed E-state index contributed by atoms with van der Waals surface area (Å²) in [6, 6.07) is 62.2. The van der Waals surface area contributed by atoms with Gasteiger partial charge in [0.1, 0.15) is 11.5 Å². The van der Waals surface area contributed by atoms with E-state index in [-0.39, 0.29) is 0 Å². The minimum absolute atomic E-state index is 0.591. The zero-order valence-corrected chi connectivity index (χ0v) is 32.9. The molecule has 0 aliphatic carbocycles. The van der Waals surface area contributed by atoms with Gasteiger partial charge in [0.2, 0.25) is 0 Å². The number of rotatable bonds is 5. The number of hydrogen-bond acceptors (Lipinski definition) is 4. The van der Waals surface area contributed by atoms with Crippen molar-refractivity contribution in [1.29, 1.82) is 0 Å². The summed E-state index contributed by atoms with van der Waals surface area (Å²) in [5.74, 6) is 0.791. The Balaban J connectivity index is 1.15. The normalized spacial score (nSPS) is 14.0. The first-order valence-electron chi connectivity index (χ1n) is 19.5. The summed E-state index contributed by atoms with van der Waals surface area (Å²) in [6.45, 7) is 0. The highest BCUT2D eigenvalue weighted by Crippen LogP contribution is 2.44. The van der Waals surface area contributed by atoms with Crippen molar-refractivity contribution >= 4 is 105 Å². The van der Waals surface area contributed by atoms with Crippen LogP contribution in [0.4, 0.5) is 21.6 Å². The number of imidazole rings is 1. The van der Waals surface area contributed by atoms with Crippen molar-refractivity contribution in [1.82, 2.24) is 14.4 Å². The minimum Gasteiger partial charge on any atom is -0.299 e. The SMILES string of the molecule is FC(c1ccc2c(c1)N(c1ccccn1)c1cc3c(cc1[Si]2(c1ccccc1)c1ccccc1)sc1ccccc13)c1ccc2c3ccccc3n3ccnc3c2c1. The summed E-state index contributed by atoms with van der Waals surface area (Å²) in [6.07, 6.45) is 4.25. The first-order valence-corrected chi connectivity index (χ1v) is 22.3. The lowest BCUT2D eigenvalue weighted by molar-refractivity contribution is 0.402.